The zero-order chi connectivity index (χ0) is 51.4. The number of hydrogen-bond acceptors (Lipinski definition) is 10. The second-order valence-corrected chi connectivity index (χ2v) is 28.4. The number of aliphatic carboxylic acids is 4. The number of carbonyl (C=O) groups is 4. The van der Waals surface area contributed by atoms with Gasteiger partial charge in [0.25, 0.3) is 0 Å². The summed E-state index contributed by atoms with van der Waals surface area (Å²) in [6.07, 6.45) is 6.47. The molecule has 2 aromatic rings. The maximum Gasteiger partial charge on any atom is 0.307 e. The fourth-order valence-electron chi connectivity index (χ4n) is 24.6. The van der Waals surface area contributed by atoms with Gasteiger partial charge in [0.05, 0.1) is 23.7 Å². The monoisotopic (exact) mass is 1250 g/mol. The molecule has 0 aromatic heterocycles. The van der Waals surface area contributed by atoms with Crippen LogP contribution in [-0.2, 0) is 45.1 Å². The number of rotatable bonds is 27. The van der Waals surface area contributed by atoms with Crippen LogP contribution in [0.25, 0.3) is 0 Å². The third kappa shape index (κ3) is 8.05. The number of benzene rings is 2. The van der Waals surface area contributed by atoms with Crippen molar-refractivity contribution >= 4 is 98.3 Å². The molecule has 18 rings (SSSR count). The van der Waals surface area contributed by atoms with E-state index in [1.54, 1.807) is 0 Å². The van der Waals surface area contributed by atoms with Gasteiger partial charge in [-0.25, -0.2) is 0 Å². The van der Waals surface area contributed by atoms with Crippen LogP contribution in [0, 0.1) is 140 Å². The Balaban J connectivity index is 0.00000125. The van der Waals surface area contributed by atoms with Crippen LogP contribution in [0.4, 0.5) is 0 Å². The lowest BCUT2D eigenvalue weighted by Crippen LogP contribution is -3.10. The summed E-state index contributed by atoms with van der Waals surface area (Å²) >= 11 is 0. The molecular weight excluding hydrogens is 1170 g/mol. The molecule has 0 spiro atoms. The maximum absolute atomic E-state index is 13.0. The first kappa shape index (κ1) is 62.9. The van der Waals surface area contributed by atoms with Gasteiger partial charge < -0.3 is 41.7 Å². The molecule has 0 radical (unpaired) electrons. The third-order valence-electron chi connectivity index (χ3n) is 26.5. The van der Waals surface area contributed by atoms with Crippen LogP contribution in [-0.4, -0.2) is 133 Å². The highest BCUT2D eigenvalue weighted by molar-refractivity contribution is 5.86. The van der Waals surface area contributed by atoms with Gasteiger partial charge in [-0.05, 0) is 242 Å². The Morgan fingerprint density at radius 3 is 1.02 bits per heavy atom. The molecular formula is C62H86Cl6N6O8. The second-order valence-electron chi connectivity index (χ2n) is 28.4. The minimum Gasteiger partial charge on any atom is -0.481 e. The van der Waals surface area contributed by atoms with Crippen LogP contribution in [0.3, 0.4) is 0 Å². The predicted molar refractivity (Wildman–Crippen MR) is 324 cm³/mol. The minimum absolute atomic E-state index is 0. The van der Waals surface area contributed by atoms with E-state index in [0.717, 1.165) is 189 Å². The van der Waals surface area contributed by atoms with E-state index in [1.165, 1.54) is 11.1 Å². The van der Waals surface area contributed by atoms with Gasteiger partial charge in [0.1, 0.15) is 0 Å². The van der Waals surface area contributed by atoms with Gasteiger partial charge in [0.15, 0.2) is 0 Å². The van der Waals surface area contributed by atoms with E-state index in [1.807, 2.05) is 0 Å². The van der Waals surface area contributed by atoms with Crippen LogP contribution < -0.4 is 21.3 Å². The summed E-state index contributed by atoms with van der Waals surface area (Å²) in [6, 6.07) is 17.6. The summed E-state index contributed by atoms with van der Waals surface area (Å²) in [4.78, 5) is 56.9. The summed E-state index contributed by atoms with van der Waals surface area (Å²) in [6.45, 7) is 12.1. The summed E-state index contributed by atoms with van der Waals surface area (Å²) in [5.41, 5.74) is 5.65. The zero-order valence-corrected chi connectivity index (χ0v) is 51.4. The molecule has 2 aromatic carbocycles. The Morgan fingerprint density at radius 2 is 0.732 bits per heavy atom. The highest BCUT2D eigenvalue weighted by Gasteiger charge is 3.10. The van der Waals surface area contributed by atoms with Crippen molar-refractivity contribution in [3.8, 4) is 0 Å². The average molecular weight is 1260 g/mol. The van der Waals surface area contributed by atoms with Gasteiger partial charge in [-0.3, -0.25) is 29.0 Å². The van der Waals surface area contributed by atoms with E-state index in [4.69, 9.17) is 0 Å². The lowest BCUT2D eigenvalue weighted by molar-refractivity contribution is -0.662. The molecule has 9 unspecified atom stereocenters. The smallest absolute Gasteiger partial charge is 0.307 e. The van der Waals surface area contributed by atoms with Crippen molar-refractivity contribution in [2.24, 2.45) is 140 Å². The third-order valence-corrected chi connectivity index (χ3v) is 26.5. The van der Waals surface area contributed by atoms with E-state index in [0.29, 0.717) is 36.5 Å². The molecule has 4 saturated heterocycles. The molecule has 12 saturated carbocycles. The van der Waals surface area contributed by atoms with Crippen LogP contribution in [0.15, 0.2) is 48.5 Å². The van der Waals surface area contributed by atoms with Gasteiger partial charge in [0, 0.05) is 39.3 Å². The topological polar surface area (TPSA) is 204 Å². The zero-order valence-electron chi connectivity index (χ0n) is 46.5. The second kappa shape index (κ2) is 22.4. The molecule has 0 bridgehead atoms. The molecule has 8 N–H and O–H groups in total. The number of carboxylic acid groups (broad SMARTS) is 4. The molecule has 0 amide bonds. The fraction of sp³-hybridized carbons (Fsp3) is 0.742. The van der Waals surface area contributed by atoms with E-state index in [2.05, 4.69) is 79.6 Å². The Morgan fingerprint density at radius 1 is 0.439 bits per heavy atom. The Kier molecular flexibility index (Phi) is 17.2. The van der Waals surface area contributed by atoms with Gasteiger partial charge in [0.2, 0.25) is 0 Å². The Hall–Kier alpha value is -2.18. The molecule has 454 valence electrons. The fourth-order valence-corrected chi connectivity index (χ4v) is 24.6. The quantitative estimate of drug-likeness (QED) is 0.0450. The standard InChI is InChI=1S/C62H80N6O8.6ClH/c69-55(70)39(35-7-11-63-23-35)19-31-3-1-5-33(17-31)27-67(29-61-49-43-47-44(49)52(61)59(47,51(43)61)21-41(57(73)74)37-9-13-65-25-37)15-16-68(28-34-6-2-4-32(18-34)20-40(56(71)72)36-8-12-64-24-36)30-62-50-45-48-46(50)54(62)60(48,53(45)62)22-42(58(75)76)38-10-14-66-26-38;;;;;;/h1-6,17-18,35-54,63-66H,7-16,19-30H2,(H,69,70)(H,71,72)(H,73,74)(H,75,76);6*1H/t35-,36-,37-,38-,39-,40-,41-,42?,43?,44?,45?,46?,47?,48?,49?,50?,51?,52?,53?,54?,59?,60?,61?,62?;;;;;;/m0....../s1. The summed E-state index contributed by atoms with van der Waals surface area (Å²) in [5, 5.41) is 55.9. The Bertz CT molecular complexity index is 2550. The maximum atomic E-state index is 13.0. The van der Waals surface area contributed by atoms with Crippen molar-refractivity contribution in [2.75, 3.05) is 78.5 Å². The lowest BCUT2D eigenvalue weighted by Gasteiger charge is -3.12. The molecule has 20 heteroatoms. The molecule has 14 nitrogen and oxygen atoms in total. The van der Waals surface area contributed by atoms with Crippen molar-refractivity contribution in [1.29, 1.82) is 0 Å². The molecule has 82 heavy (non-hydrogen) atoms. The predicted octanol–water partition coefficient (Wildman–Crippen LogP) is 7.10. The van der Waals surface area contributed by atoms with Crippen LogP contribution in [0.2, 0.25) is 0 Å². The Labute approximate surface area is 519 Å². The van der Waals surface area contributed by atoms with Crippen molar-refractivity contribution < 1.29 is 39.6 Å². The van der Waals surface area contributed by atoms with E-state index in [9.17, 15) is 39.6 Å². The minimum atomic E-state index is -0.711. The first-order valence-electron chi connectivity index (χ1n) is 30.3. The molecule has 16 fully saturated rings. The average Bonchev–Trinajstić information content (AvgIpc) is 0.852. The highest BCUT2D eigenvalue weighted by Crippen LogP contribution is 3.12. The van der Waals surface area contributed by atoms with E-state index < -0.39 is 35.7 Å². The summed E-state index contributed by atoms with van der Waals surface area (Å²) in [7, 11) is 0. The molecule has 16 atom stereocenters. The number of halogens is 6. The SMILES string of the molecule is Cl.Cl.Cl.Cl.Cl.Cl.O=C(O)C(CC12C3C4C5C3C1C5(CN(CCN(Cc1cccc(C[C@H](C(=O)O)[C@H]3CCNC3)c1)CC13C5C6C7C5C1C7(C[C@H](C(=O)O)[C@H]1CCNC1)C63)Cc1cccc(C[C@H](C(=O)O)[C@H]3CCNC3)c1)C42)[C@H]1CCNC1. The molecule has 4 aliphatic heterocycles. The van der Waals surface area contributed by atoms with Crippen molar-refractivity contribution in [3.63, 3.8) is 0 Å². The van der Waals surface area contributed by atoms with Crippen LogP contribution >= 0.6 is 74.4 Å². The lowest BCUT2D eigenvalue weighted by atomic mass is 8.91. The van der Waals surface area contributed by atoms with Crippen molar-refractivity contribution in [3.05, 3.63) is 70.8 Å². The number of nitrogens with zero attached hydrogens (tertiary/aromatic N) is 2. The van der Waals surface area contributed by atoms with Crippen molar-refractivity contribution in [1.82, 2.24) is 31.1 Å². The van der Waals surface area contributed by atoms with Gasteiger partial charge in [-0.15, -0.1) is 74.4 Å². The number of nitrogens with one attached hydrogen (secondary N) is 4. The summed E-state index contributed by atoms with van der Waals surface area (Å²) < 4.78 is 0. The summed E-state index contributed by atoms with van der Waals surface area (Å²) in [5.74, 6) is 5.47. The normalized spacial score (nSPS) is 42.6. The first-order chi connectivity index (χ1) is 36.9. The number of hydrogen-bond donors (Lipinski definition) is 8. The largest absolute Gasteiger partial charge is 0.481 e. The van der Waals surface area contributed by atoms with E-state index in [-0.39, 0.29) is 132 Å². The van der Waals surface area contributed by atoms with E-state index >= 15 is 0 Å². The molecule has 12 aliphatic carbocycles. The molecule has 16 aliphatic rings. The van der Waals surface area contributed by atoms with Crippen LogP contribution in [0.5, 0.6) is 0 Å². The first-order valence-corrected chi connectivity index (χ1v) is 30.3. The van der Waals surface area contributed by atoms with Crippen LogP contribution in [0.1, 0.15) is 60.8 Å². The molecule has 4 heterocycles. The van der Waals surface area contributed by atoms with Gasteiger partial charge >= 0.3 is 23.9 Å². The van der Waals surface area contributed by atoms with Crippen molar-refractivity contribution in [2.45, 2.75) is 64.5 Å². The van der Waals surface area contributed by atoms with Gasteiger partial charge in [-0.2, -0.15) is 0 Å². The number of carboxylic acids is 4. The van der Waals surface area contributed by atoms with Gasteiger partial charge in [-0.1, -0.05) is 48.5 Å². The highest BCUT2D eigenvalue weighted by atomic mass is 35.5.